The lowest BCUT2D eigenvalue weighted by Gasteiger charge is -2.07. The van der Waals surface area contributed by atoms with Gasteiger partial charge in [0.1, 0.15) is 0 Å². The molecule has 2 aromatic heterocycles. The number of rotatable bonds is 5. The summed E-state index contributed by atoms with van der Waals surface area (Å²) in [5.74, 6) is 0.942. The number of ether oxygens (including phenoxy) is 1. The van der Waals surface area contributed by atoms with Gasteiger partial charge in [-0.1, -0.05) is 35.0 Å². The zero-order valence-corrected chi connectivity index (χ0v) is 15.7. The number of nitro groups is 1. The van der Waals surface area contributed by atoms with Gasteiger partial charge in [0.05, 0.1) is 23.3 Å². The zero-order chi connectivity index (χ0) is 20.4. The predicted molar refractivity (Wildman–Crippen MR) is 106 cm³/mol. The number of hydrogen-bond acceptors (Lipinski definition) is 7. The molecule has 0 radical (unpaired) electrons. The van der Waals surface area contributed by atoms with Crippen molar-refractivity contribution in [2.45, 2.75) is 6.92 Å². The number of hydrogen-bond donors (Lipinski definition) is 0. The van der Waals surface area contributed by atoms with Gasteiger partial charge in [-0.2, -0.15) is 4.98 Å². The summed E-state index contributed by atoms with van der Waals surface area (Å²) in [6.45, 7) is 2.03. The van der Waals surface area contributed by atoms with E-state index in [1.165, 1.54) is 24.8 Å². The van der Waals surface area contributed by atoms with Crippen LogP contribution in [-0.4, -0.2) is 27.2 Å². The van der Waals surface area contributed by atoms with Crippen molar-refractivity contribution < 1.29 is 14.2 Å². The molecule has 0 unspecified atom stereocenters. The summed E-state index contributed by atoms with van der Waals surface area (Å²) in [6, 6.07) is 17.6. The Bertz CT molecular complexity index is 1170. The fraction of sp³-hybridized carbons (Fsp3) is 0.0952. The molecule has 0 fully saturated rings. The van der Waals surface area contributed by atoms with Crippen molar-refractivity contribution in [1.29, 1.82) is 0 Å². The lowest BCUT2D eigenvalue weighted by molar-refractivity contribution is -0.384. The smallest absolute Gasteiger partial charge is 0.269 e. The summed E-state index contributed by atoms with van der Waals surface area (Å²) in [6.07, 6.45) is 0. The lowest BCUT2D eigenvalue weighted by Crippen LogP contribution is -1.95. The van der Waals surface area contributed by atoms with Gasteiger partial charge in [0.15, 0.2) is 0 Å². The van der Waals surface area contributed by atoms with Crippen LogP contribution >= 0.6 is 0 Å². The molecule has 8 nitrogen and oxygen atoms in total. The minimum atomic E-state index is -0.463. The van der Waals surface area contributed by atoms with Crippen LogP contribution < -0.4 is 4.74 Å². The molecule has 2 heterocycles. The molecule has 0 atom stereocenters. The van der Waals surface area contributed by atoms with Crippen molar-refractivity contribution >= 4 is 5.69 Å². The van der Waals surface area contributed by atoms with E-state index in [4.69, 9.17) is 9.26 Å². The number of aromatic nitrogens is 3. The first-order valence-corrected chi connectivity index (χ1v) is 8.76. The maximum absolute atomic E-state index is 10.8. The summed E-state index contributed by atoms with van der Waals surface area (Å²) >= 11 is 0. The molecule has 2 aromatic carbocycles. The molecule has 0 bridgehead atoms. The topological polar surface area (TPSA) is 104 Å². The third-order valence-corrected chi connectivity index (χ3v) is 4.39. The van der Waals surface area contributed by atoms with Crippen LogP contribution in [0.25, 0.3) is 34.1 Å². The molecule has 29 heavy (non-hydrogen) atoms. The Labute approximate surface area is 166 Å². The van der Waals surface area contributed by atoms with Gasteiger partial charge in [-0.25, -0.2) is 4.98 Å². The maximum atomic E-state index is 10.8. The fourth-order valence-corrected chi connectivity index (χ4v) is 2.83. The lowest BCUT2D eigenvalue weighted by atomic mass is 10.1. The zero-order valence-electron chi connectivity index (χ0n) is 15.7. The van der Waals surface area contributed by atoms with Crippen molar-refractivity contribution in [3.8, 4) is 40.0 Å². The van der Waals surface area contributed by atoms with Crippen LogP contribution in [0.2, 0.25) is 0 Å². The molecular weight excluding hydrogens is 372 g/mol. The van der Waals surface area contributed by atoms with Crippen LogP contribution in [0.4, 0.5) is 5.69 Å². The van der Waals surface area contributed by atoms with E-state index in [1.807, 2.05) is 43.3 Å². The molecule has 0 aliphatic heterocycles. The quantitative estimate of drug-likeness (QED) is 0.361. The largest absolute Gasteiger partial charge is 0.480 e. The molecule has 0 N–H and O–H groups in total. The molecule has 144 valence electrons. The van der Waals surface area contributed by atoms with Gasteiger partial charge in [0.2, 0.25) is 11.7 Å². The van der Waals surface area contributed by atoms with Crippen molar-refractivity contribution in [2.24, 2.45) is 0 Å². The van der Waals surface area contributed by atoms with Gasteiger partial charge in [-0.15, -0.1) is 0 Å². The summed E-state index contributed by atoms with van der Waals surface area (Å²) < 4.78 is 10.8. The Kier molecular flexibility index (Phi) is 4.74. The average Bonchev–Trinajstić information content (AvgIpc) is 3.24. The number of methoxy groups -OCH3 is 1. The second-order valence-electron chi connectivity index (χ2n) is 6.35. The van der Waals surface area contributed by atoms with Crippen molar-refractivity contribution in [3.05, 3.63) is 76.3 Å². The highest BCUT2D eigenvalue weighted by Crippen LogP contribution is 2.31. The first kappa shape index (κ1) is 18.3. The predicted octanol–water partition coefficient (Wildman–Crippen LogP) is 4.69. The highest BCUT2D eigenvalue weighted by Gasteiger charge is 2.17. The number of non-ortho nitro benzene ring substituents is 1. The minimum absolute atomic E-state index is 0.00828. The molecule has 0 aliphatic carbocycles. The fourth-order valence-electron chi connectivity index (χ4n) is 2.83. The number of nitrogens with zero attached hydrogens (tertiary/aromatic N) is 4. The van der Waals surface area contributed by atoms with E-state index >= 15 is 0 Å². The van der Waals surface area contributed by atoms with Gasteiger partial charge in [-0.3, -0.25) is 10.1 Å². The average molecular weight is 388 g/mol. The molecule has 0 aliphatic rings. The summed E-state index contributed by atoms with van der Waals surface area (Å²) in [4.78, 5) is 19.3. The Balaban J connectivity index is 1.66. The maximum Gasteiger partial charge on any atom is 0.269 e. The van der Waals surface area contributed by atoms with Crippen LogP contribution in [0.1, 0.15) is 5.56 Å². The van der Waals surface area contributed by atoms with Gasteiger partial charge < -0.3 is 9.26 Å². The van der Waals surface area contributed by atoms with Gasteiger partial charge in [0.25, 0.3) is 11.6 Å². The number of pyridine rings is 1. The normalized spacial score (nSPS) is 10.7. The Hall–Kier alpha value is -4.07. The SMILES string of the molecule is COc1nc(-c2ccc(C)cc2)ccc1-c1noc(-c2ccc([N+](=O)[O-])cc2)n1. The summed E-state index contributed by atoms with van der Waals surface area (Å²) in [7, 11) is 1.53. The van der Waals surface area contributed by atoms with E-state index < -0.39 is 4.92 Å². The molecule has 4 aromatic rings. The monoisotopic (exact) mass is 388 g/mol. The Morgan fingerprint density at radius 2 is 1.62 bits per heavy atom. The van der Waals surface area contributed by atoms with E-state index in [9.17, 15) is 10.1 Å². The Morgan fingerprint density at radius 1 is 0.931 bits per heavy atom. The minimum Gasteiger partial charge on any atom is -0.480 e. The Morgan fingerprint density at radius 3 is 2.28 bits per heavy atom. The second kappa shape index (κ2) is 7.51. The van der Waals surface area contributed by atoms with Crippen LogP contribution in [0.15, 0.2) is 65.2 Å². The van der Waals surface area contributed by atoms with Crippen LogP contribution in [0.5, 0.6) is 5.88 Å². The first-order valence-electron chi connectivity index (χ1n) is 8.76. The number of nitro benzene ring substituents is 1. The molecular formula is C21H16N4O4. The van der Waals surface area contributed by atoms with Gasteiger partial charge >= 0.3 is 0 Å². The van der Waals surface area contributed by atoms with Crippen LogP contribution in [-0.2, 0) is 0 Å². The number of benzene rings is 2. The molecule has 8 heteroatoms. The molecule has 0 saturated carbocycles. The molecule has 0 spiro atoms. The summed E-state index contributed by atoms with van der Waals surface area (Å²) in [5, 5.41) is 14.8. The van der Waals surface area contributed by atoms with Crippen LogP contribution in [0, 0.1) is 17.0 Å². The third kappa shape index (κ3) is 3.68. The second-order valence-corrected chi connectivity index (χ2v) is 6.35. The standard InChI is InChI=1S/C21H16N4O4/c1-13-3-5-14(6-4-13)18-12-11-17(21(22-18)28-2)19-23-20(29-24-19)15-7-9-16(10-8-15)25(26)27/h3-12H,1-2H3. The molecule has 4 rings (SSSR count). The highest BCUT2D eigenvalue weighted by atomic mass is 16.6. The third-order valence-electron chi connectivity index (χ3n) is 4.39. The van der Waals surface area contributed by atoms with Crippen molar-refractivity contribution in [2.75, 3.05) is 7.11 Å². The van der Waals surface area contributed by atoms with Crippen molar-refractivity contribution in [1.82, 2.24) is 15.1 Å². The number of aryl methyl sites for hydroxylation is 1. The van der Waals surface area contributed by atoms with Crippen molar-refractivity contribution in [3.63, 3.8) is 0 Å². The van der Waals surface area contributed by atoms with E-state index in [-0.39, 0.29) is 11.6 Å². The van der Waals surface area contributed by atoms with E-state index in [0.717, 1.165) is 11.3 Å². The van der Waals surface area contributed by atoms with E-state index in [1.54, 1.807) is 12.1 Å². The van der Waals surface area contributed by atoms with E-state index in [2.05, 4.69) is 15.1 Å². The first-order chi connectivity index (χ1) is 14.0. The van der Waals surface area contributed by atoms with Crippen LogP contribution in [0.3, 0.4) is 0 Å². The van der Waals surface area contributed by atoms with Gasteiger partial charge in [-0.05, 0) is 31.2 Å². The highest BCUT2D eigenvalue weighted by molar-refractivity contribution is 5.69. The van der Waals surface area contributed by atoms with E-state index in [0.29, 0.717) is 22.8 Å². The molecule has 0 saturated heterocycles. The molecule has 0 amide bonds. The summed E-state index contributed by atoms with van der Waals surface area (Å²) in [5.41, 5.74) is 4.07. The van der Waals surface area contributed by atoms with Gasteiger partial charge in [0, 0.05) is 23.3 Å².